The Balaban J connectivity index is 1.39. The summed E-state index contributed by atoms with van der Waals surface area (Å²) in [6.07, 6.45) is 2.28. The van der Waals surface area contributed by atoms with Crippen LogP contribution in [0.3, 0.4) is 0 Å². The van der Waals surface area contributed by atoms with E-state index >= 15 is 0 Å². The first kappa shape index (κ1) is 23.8. The van der Waals surface area contributed by atoms with Gasteiger partial charge in [0.05, 0.1) is 29.3 Å². The number of fused-ring (bicyclic) bond motifs is 3. The number of rotatable bonds is 4. The van der Waals surface area contributed by atoms with Gasteiger partial charge in [-0.1, -0.05) is 70.8 Å². The van der Waals surface area contributed by atoms with Crippen LogP contribution in [0.1, 0.15) is 29.3 Å². The molecule has 2 unspecified atom stereocenters. The maximum Gasteiger partial charge on any atom is 0.243 e. The van der Waals surface area contributed by atoms with Crippen molar-refractivity contribution in [3.05, 3.63) is 136 Å². The van der Waals surface area contributed by atoms with Gasteiger partial charge in [-0.2, -0.15) is 15.0 Å². The molecule has 7 rings (SSSR count). The molecule has 3 heterocycles. The number of para-hydroxylation sites is 3. The summed E-state index contributed by atoms with van der Waals surface area (Å²) >= 11 is 12.5. The lowest BCUT2D eigenvalue weighted by Crippen LogP contribution is -2.47. The molecule has 39 heavy (non-hydrogen) atoms. The monoisotopic (exact) mass is 552 g/mol. The lowest BCUT2D eigenvalue weighted by atomic mass is 9.92. The molecule has 0 saturated carbocycles. The van der Waals surface area contributed by atoms with Crippen LogP contribution in [-0.2, 0) is 10.6 Å². The SMILES string of the molecule is Clc1ccc(C2=NOC3(c4ccc(Cl)cc4)CC(c4cnn(-c5ccccc5)n4)Nc4ccccc4N23)cc1. The minimum absolute atomic E-state index is 0.246. The summed E-state index contributed by atoms with van der Waals surface area (Å²) in [4.78, 5) is 10.3. The maximum atomic E-state index is 6.49. The van der Waals surface area contributed by atoms with E-state index in [4.69, 9.17) is 33.1 Å². The molecule has 2 aliphatic heterocycles. The third-order valence-corrected chi connectivity index (χ3v) is 7.57. The molecule has 0 aliphatic carbocycles. The zero-order chi connectivity index (χ0) is 26.4. The Morgan fingerprint density at radius 3 is 2.28 bits per heavy atom. The first-order valence-electron chi connectivity index (χ1n) is 12.5. The van der Waals surface area contributed by atoms with Crippen LogP contribution in [0.2, 0.25) is 10.0 Å². The van der Waals surface area contributed by atoms with E-state index in [1.165, 1.54) is 0 Å². The lowest BCUT2D eigenvalue weighted by Gasteiger charge is -2.37. The predicted molar refractivity (Wildman–Crippen MR) is 153 cm³/mol. The molecule has 0 saturated heterocycles. The van der Waals surface area contributed by atoms with Crippen molar-refractivity contribution in [3.63, 3.8) is 0 Å². The molecule has 5 aromatic rings. The quantitative estimate of drug-likeness (QED) is 0.255. The Morgan fingerprint density at radius 1 is 0.821 bits per heavy atom. The van der Waals surface area contributed by atoms with Crippen LogP contribution in [0.25, 0.3) is 5.69 Å². The number of nitrogens with one attached hydrogen (secondary N) is 1. The number of amidine groups is 1. The molecule has 1 aromatic heterocycles. The number of hydrogen-bond donors (Lipinski definition) is 1. The smallest absolute Gasteiger partial charge is 0.243 e. The molecule has 1 N–H and O–H groups in total. The van der Waals surface area contributed by atoms with Crippen molar-refractivity contribution in [2.24, 2.45) is 5.16 Å². The van der Waals surface area contributed by atoms with Crippen LogP contribution in [-0.4, -0.2) is 20.8 Å². The molecule has 4 aromatic carbocycles. The third kappa shape index (κ3) is 4.11. The van der Waals surface area contributed by atoms with Crippen LogP contribution in [0.4, 0.5) is 11.4 Å². The lowest BCUT2D eigenvalue weighted by molar-refractivity contribution is -0.0311. The van der Waals surface area contributed by atoms with Gasteiger partial charge < -0.3 is 10.2 Å². The number of halogens is 2. The molecule has 2 atom stereocenters. The average molecular weight is 553 g/mol. The van der Waals surface area contributed by atoms with E-state index in [1.54, 1.807) is 11.0 Å². The maximum absolute atomic E-state index is 6.49. The normalized spacial score (nSPS) is 19.8. The van der Waals surface area contributed by atoms with Crippen LogP contribution in [0.5, 0.6) is 0 Å². The van der Waals surface area contributed by atoms with Gasteiger partial charge in [0, 0.05) is 27.6 Å². The molecule has 0 radical (unpaired) electrons. The van der Waals surface area contributed by atoms with Gasteiger partial charge in [-0.15, -0.1) is 0 Å². The zero-order valence-corrected chi connectivity index (χ0v) is 22.1. The van der Waals surface area contributed by atoms with Crippen LogP contribution in [0.15, 0.2) is 114 Å². The first-order chi connectivity index (χ1) is 19.1. The summed E-state index contributed by atoms with van der Waals surface area (Å²) in [6, 6.07) is 33.1. The molecule has 9 heteroatoms. The number of nitrogens with zero attached hydrogens (tertiary/aromatic N) is 5. The van der Waals surface area contributed by atoms with E-state index in [0.29, 0.717) is 22.3 Å². The van der Waals surface area contributed by atoms with Crippen molar-refractivity contribution in [1.82, 2.24) is 15.0 Å². The van der Waals surface area contributed by atoms with Crippen molar-refractivity contribution in [2.75, 3.05) is 10.2 Å². The van der Waals surface area contributed by atoms with E-state index in [2.05, 4.69) is 32.6 Å². The molecule has 192 valence electrons. The summed E-state index contributed by atoms with van der Waals surface area (Å²) in [6.45, 7) is 0. The Kier molecular flexibility index (Phi) is 5.76. The number of oxime groups is 1. The summed E-state index contributed by atoms with van der Waals surface area (Å²) in [5.41, 5.74) is 4.35. The van der Waals surface area contributed by atoms with Crippen molar-refractivity contribution in [2.45, 2.75) is 18.2 Å². The minimum atomic E-state index is -0.986. The second-order valence-corrected chi connectivity index (χ2v) is 10.3. The van der Waals surface area contributed by atoms with E-state index in [-0.39, 0.29) is 6.04 Å². The van der Waals surface area contributed by atoms with E-state index in [0.717, 1.165) is 33.9 Å². The van der Waals surface area contributed by atoms with E-state index < -0.39 is 5.72 Å². The predicted octanol–water partition coefficient (Wildman–Crippen LogP) is 7.18. The van der Waals surface area contributed by atoms with Crippen molar-refractivity contribution in [1.29, 1.82) is 0 Å². The number of hydrogen-bond acceptors (Lipinski definition) is 6. The molecular formula is C30H22Cl2N6O. The summed E-state index contributed by atoms with van der Waals surface area (Å²) in [5, 5.41) is 19.1. The van der Waals surface area contributed by atoms with Gasteiger partial charge in [0.2, 0.25) is 5.72 Å². The molecular weight excluding hydrogens is 531 g/mol. The van der Waals surface area contributed by atoms with Gasteiger partial charge in [0.15, 0.2) is 5.84 Å². The highest BCUT2D eigenvalue weighted by molar-refractivity contribution is 6.31. The first-order valence-corrected chi connectivity index (χ1v) is 13.3. The Morgan fingerprint density at radius 2 is 1.51 bits per heavy atom. The number of benzene rings is 4. The van der Waals surface area contributed by atoms with Crippen LogP contribution in [0, 0.1) is 0 Å². The zero-order valence-electron chi connectivity index (χ0n) is 20.6. The molecule has 0 amide bonds. The molecule has 0 bridgehead atoms. The largest absolute Gasteiger partial charge is 0.375 e. The second kappa shape index (κ2) is 9.45. The Hall–Kier alpha value is -4.33. The fourth-order valence-corrected chi connectivity index (χ4v) is 5.46. The van der Waals surface area contributed by atoms with Crippen molar-refractivity contribution < 1.29 is 4.84 Å². The van der Waals surface area contributed by atoms with Gasteiger partial charge in [-0.3, -0.25) is 4.90 Å². The molecule has 0 fully saturated rings. The van der Waals surface area contributed by atoms with E-state index in [9.17, 15) is 0 Å². The van der Waals surface area contributed by atoms with Gasteiger partial charge >= 0.3 is 0 Å². The topological polar surface area (TPSA) is 67.6 Å². The number of aromatic nitrogens is 3. The highest BCUT2D eigenvalue weighted by Gasteiger charge is 2.53. The Labute approximate surface area is 235 Å². The highest BCUT2D eigenvalue weighted by atomic mass is 35.5. The van der Waals surface area contributed by atoms with Gasteiger partial charge in [0.25, 0.3) is 0 Å². The third-order valence-electron chi connectivity index (χ3n) is 7.06. The second-order valence-electron chi connectivity index (χ2n) is 9.45. The van der Waals surface area contributed by atoms with Gasteiger partial charge in [0.1, 0.15) is 5.69 Å². The van der Waals surface area contributed by atoms with Crippen LogP contribution >= 0.6 is 23.2 Å². The molecule has 7 nitrogen and oxygen atoms in total. The molecule has 2 aliphatic rings. The fourth-order valence-electron chi connectivity index (χ4n) is 5.20. The minimum Gasteiger partial charge on any atom is -0.375 e. The fraction of sp³-hybridized carbons (Fsp3) is 0.100. The van der Waals surface area contributed by atoms with Crippen molar-refractivity contribution >= 4 is 40.4 Å². The Bertz CT molecular complexity index is 1670. The van der Waals surface area contributed by atoms with E-state index in [1.807, 2.05) is 91.0 Å². The molecule has 0 spiro atoms. The number of anilines is 2. The van der Waals surface area contributed by atoms with Crippen LogP contribution < -0.4 is 10.2 Å². The average Bonchev–Trinajstić information content (AvgIpc) is 3.58. The van der Waals surface area contributed by atoms with Gasteiger partial charge in [-0.25, -0.2) is 0 Å². The van der Waals surface area contributed by atoms with Gasteiger partial charge in [-0.05, 0) is 60.7 Å². The van der Waals surface area contributed by atoms with Crippen molar-refractivity contribution in [3.8, 4) is 5.69 Å². The standard InChI is InChI=1S/C30H22Cl2N6O/c31-22-14-10-20(11-15-22)29-36-39-30(21-12-16-23(32)17-13-21)18-26(34-25-8-4-5-9-28(25)37(29)30)27-19-33-38(35-27)24-6-2-1-3-7-24/h1-17,19,26,34H,18H2. The summed E-state index contributed by atoms with van der Waals surface area (Å²) < 4.78 is 0. The summed E-state index contributed by atoms with van der Waals surface area (Å²) in [5.74, 6) is 0.685. The summed E-state index contributed by atoms with van der Waals surface area (Å²) in [7, 11) is 0. The highest BCUT2D eigenvalue weighted by Crippen LogP contribution is 2.51.